The molecule has 0 saturated carbocycles. The Morgan fingerprint density at radius 3 is 2.56 bits per heavy atom. The average Bonchev–Trinajstić information content (AvgIpc) is 3.25. The van der Waals surface area contributed by atoms with Crippen LogP contribution in [0.15, 0.2) is 36.5 Å². The molecule has 7 nitrogen and oxygen atoms in total. The molecule has 3 heterocycles. The maximum atomic E-state index is 13.4. The van der Waals surface area contributed by atoms with Crippen LogP contribution in [0, 0.1) is 6.92 Å². The van der Waals surface area contributed by atoms with E-state index in [-0.39, 0.29) is 31.0 Å². The molecule has 11 heteroatoms. The van der Waals surface area contributed by atoms with Crippen molar-refractivity contribution in [3.8, 4) is 0 Å². The minimum absolute atomic E-state index is 0. The molecular formula is C23H27F3N6OS. The van der Waals surface area contributed by atoms with Crippen molar-refractivity contribution in [1.29, 1.82) is 0 Å². The molecule has 1 amide bonds. The van der Waals surface area contributed by atoms with E-state index in [2.05, 4.69) is 20.6 Å². The lowest BCUT2D eigenvalue weighted by Gasteiger charge is -2.34. The fraction of sp³-hybridized carbons (Fsp3) is 0.391. The van der Waals surface area contributed by atoms with Crippen molar-refractivity contribution < 1.29 is 18.0 Å². The van der Waals surface area contributed by atoms with Crippen molar-refractivity contribution in [2.24, 2.45) is 0 Å². The number of halogens is 3. The average molecular weight is 493 g/mol. The van der Waals surface area contributed by atoms with Crippen molar-refractivity contribution in [3.63, 3.8) is 0 Å². The van der Waals surface area contributed by atoms with Gasteiger partial charge in [0.25, 0.3) is 0 Å². The van der Waals surface area contributed by atoms with Crippen LogP contribution < -0.4 is 10.2 Å². The van der Waals surface area contributed by atoms with Gasteiger partial charge in [0.15, 0.2) is 0 Å². The van der Waals surface area contributed by atoms with E-state index in [4.69, 9.17) is 0 Å². The number of benzene rings is 1. The van der Waals surface area contributed by atoms with E-state index >= 15 is 0 Å². The van der Waals surface area contributed by atoms with Crippen LogP contribution in [-0.2, 0) is 23.8 Å². The molecule has 1 unspecified atom stereocenters. The molecule has 0 spiro atoms. The molecule has 34 heavy (non-hydrogen) atoms. The Morgan fingerprint density at radius 2 is 1.85 bits per heavy atom. The molecule has 0 saturated heterocycles. The summed E-state index contributed by atoms with van der Waals surface area (Å²) in [5, 5.41) is 11.1. The largest absolute Gasteiger partial charge is 0.416 e. The number of amides is 1. The SMILES string of the molecule is Cc1nc(CCc2cn(C(C)c3ccccc3C(F)(F)F)nn2)cc2c1NC(=O)[C@H](C)N2C.S. The van der Waals surface area contributed by atoms with Crippen LogP contribution in [0.4, 0.5) is 24.5 Å². The number of anilines is 2. The number of fused-ring (bicyclic) bond motifs is 1. The first-order chi connectivity index (χ1) is 15.6. The maximum absolute atomic E-state index is 13.4. The molecule has 1 N–H and O–H groups in total. The highest BCUT2D eigenvalue weighted by atomic mass is 32.1. The second-order valence-corrected chi connectivity index (χ2v) is 8.32. The number of hydrogen-bond acceptors (Lipinski definition) is 5. The van der Waals surface area contributed by atoms with E-state index in [1.807, 2.05) is 31.9 Å². The van der Waals surface area contributed by atoms with Crippen LogP contribution in [0.3, 0.4) is 0 Å². The van der Waals surface area contributed by atoms with Gasteiger partial charge in [-0.1, -0.05) is 23.4 Å². The van der Waals surface area contributed by atoms with Crippen molar-refractivity contribution in [2.75, 3.05) is 17.3 Å². The predicted octanol–water partition coefficient (Wildman–Crippen LogP) is 4.28. The Balaban J connectivity index is 0.00000324. The Morgan fingerprint density at radius 1 is 1.18 bits per heavy atom. The highest BCUT2D eigenvalue weighted by Crippen LogP contribution is 2.36. The number of carbonyl (C=O) groups is 1. The lowest BCUT2D eigenvalue weighted by molar-refractivity contribution is -0.138. The topological polar surface area (TPSA) is 75.9 Å². The van der Waals surface area contributed by atoms with Gasteiger partial charge in [-0.15, -0.1) is 5.10 Å². The number of pyridine rings is 1. The molecule has 0 fully saturated rings. The summed E-state index contributed by atoms with van der Waals surface area (Å²) in [6.45, 7) is 5.36. The lowest BCUT2D eigenvalue weighted by atomic mass is 10.0. The smallest absolute Gasteiger partial charge is 0.361 e. The number of aryl methyl sites for hydroxylation is 3. The monoisotopic (exact) mass is 492 g/mol. The van der Waals surface area contributed by atoms with Gasteiger partial charge in [-0.05, 0) is 51.3 Å². The minimum Gasteiger partial charge on any atom is -0.361 e. The molecule has 3 aromatic rings. The summed E-state index contributed by atoms with van der Waals surface area (Å²) in [4.78, 5) is 18.6. The van der Waals surface area contributed by atoms with Gasteiger partial charge in [0.1, 0.15) is 6.04 Å². The summed E-state index contributed by atoms with van der Waals surface area (Å²) in [5.74, 6) is -0.0690. The lowest BCUT2D eigenvalue weighted by Crippen LogP contribution is -2.44. The van der Waals surface area contributed by atoms with Crippen LogP contribution in [0.1, 0.15) is 48.1 Å². The van der Waals surface area contributed by atoms with Gasteiger partial charge < -0.3 is 10.2 Å². The van der Waals surface area contributed by atoms with Gasteiger partial charge in [0.2, 0.25) is 5.91 Å². The van der Waals surface area contributed by atoms with Gasteiger partial charge >= 0.3 is 6.18 Å². The van der Waals surface area contributed by atoms with E-state index in [0.717, 1.165) is 23.1 Å². The summed E-state index contributed by atoms with van der Waals surface area (Å²) < 4.78 is 41.6. The van der Waals surface area contributed by atoms with Crippen LogP contribution >= 0.6 is 13.5 Å². The Hall–Kier alpha value is -3.08. The Labute approximate surface area is 202 Å². The summed E-state index contributed by atoms with van der Waals surface area (Å²) >= 11 is 0. The zero-order valence-corrected chi connectivity index (χ0v) is 20.3. The molecular weight excluding hydrogens is 465 g/mol. The molecule has 1 aliphatic heterocycles. The summed E-state index contributed by atoms with van der Waals surface area (Å²) in [7, 11) is 1.87. The third-order valence-corrected chi connectivity index (χ3v) is 6.13. The third kappa shape index (κ3) is 4.89. The van der Waals surface area contributed by atoms with Gasteiger partial charge in [-0.2, -0.15) is 26.7 Å². The number of likely N-dealkylation sites (N-methyl/N-ethyl adjacent to an activating group) is 1. The first-order valence-corrected chi connectivity index (χ1v) is 10.7. The van der Waals surface area contributed by atoms with Gasteiger partial charge in [0.05, 0.1) is 34.4 Å². The van der Waals surface area contributed by atoms with Crippen LogP contribution in [-0.4, -0.2) is 39.0 Å². The minimum atomic E-state index is -4.44. The standard InChI is InChI=1S/C23H25F3N6O.H2S/c1-13-21-20(31(4)15(3)22(33)28-21)11-16(27-13)9-10-17-12-32(30-29-17)14(2)18-7-5-6-8-19(18)23(24,25)26;/h5-8,11-12,14-15H,9-10H2,1-4H3,(H,28,33);1H2/t14?,15-;/m0./s1. The summed E-state index contributed by atoms with van der Waals surface area (Å²) in [6.07, 6.45) is -1.65. The molecule has 0 bridgehead atoms. The van der Waals surface area contributed by atoms with Gasteiger partial charge in [-0.3, -0.25) is 9.78 Å². The fourth-order valence-electron chi connectivity index (χ4n) is 4.03. The van der Waals surface area contributed by atoms with E-state index in [0.29, 0.717) is 24.2 Å². The van der Waals surface area contributed by atoms with Crippen LogP contribution in [0.5, 0.6) is 0 Å². The quantitative estimate of drug-likeness (QED) is 0.575. The second-order valence-electron chi connectivity index (χ2n) is 8.32. The van der Waals surface area contributed by atoms with Gasteiger partial charge in [-0.25, -0.2) is 4.68 Å². The van der Waals surface area contributed by atoms with E-state index < -0.39 is 17.8 Å². The zero-order chi connectivity index (χ0) is 23.9. The molecule has 0 aliphatic carbocycles. The first-order valence-electron chi connectivity index (χ1n) is 10.7. The number of alkyl halides is 3. The number of aromatic nitrogens is 4. The van der Waals surface area contributed by atoms with E-state index in [9.17, 15) is 18.0 Å². The number of nitrogens with zero attached hydrogens (tertiary/aromatic N) is 5. The molecule has 182 valence electrons. The zero-order valence-electron chi connectivity index (χ0n) is 19.3. The highest BCUT2D eigenvalue weighted by molar-refractivity contribution is 7.59. The number of nitrogens with one attached hydrogen (secondary N) is 1. The van der Waals surface area contributed by atoms with Gasteiger partial charge in [0, 0.05) is 18.9 Å². The molecule has 1 aromatic carbocycles. The Kier molecular flexibility index (Phi) is 7.25. The summed E-state index contributed by atoms with van der Waals surface area (Å²) in [6, 6.07) is 6.55. The summed E-state index contributed by atoms with van der Waals surface area (Å²) in [5.41, 5.74) is 3.33. The molecule has 2 aromatic heterocycles. The second kappa shape index (κ2) is 9.65. The molecule has 2 atom stereocenters. The third-order valence-electron chi connectivity index (χ3n) is 6.13. The van der Waals surface area contributed by atoms with Crippen molar-refractivity contribution >= 4 is 30.8 Å². The highest BCUT2D eigenvalue weighted by Gasteiger charge is 2.34. The van der Waals surface area contributed by atoms with Crippen molar-refractivity contribution in [3.05, 3.63) is 64.7 Å². The van der Waals surface area contributed by atoms with Crippen molar-refractivity contribution in [1.82, 2.24) is 20.0 Å². The maximum Gasteiger partial charge on any atom is 0.416 e. The predicted molar refractivity (Wildman–Crippen MR) is 129 cm³/mol. The van der Waals surface area contributed by atoms with E-state index in [1.165, 1.54) is 16.8 Å². The normalized spacial score (nSPS) is 16.5. The first kappa shape index (κ1) is 25.5. The molecule has 0 radical (unpaired) electrons. The van der Waals surface area contributed by atoms with Crippen molar-refractivity contribution in [2.45, 2.75) is 51.9 Å². The molecule has 1 aliphatic rings. The number of rotatable bonds is 5. The molecule has 4 rings (SSSR count). The van der Waals surface area contributed by atoms with E-state index in [1.54, 1.807) is 19.2 Å². The van der Waals surface area contributed by atoms with Crippen LogP contribution in [0.2, 0.25) is 0 Å². The fourth-order valence-corrected chi connectivity index (χ4v) is 4.03. The Bertz CT molecular complexity index is 1200. The number of hydrogen-bond donors (Lipinski definition) is 1. The van der Waals surface area contributed by atoms with Crippen LogP contribution in [0.25, 0.3) is 0 Å². The number of carbonyl (C=O) groups excluding carboxylic acids is 1.